The normalized spacial score (nSPS) is 10.5. The zero-order chi connectivity index (χ0) is 19.1. The third-order valence-corrected chi connectivity index (χ3v) is 4.01. The Morgan fingerprint density at radius 3 is 2.38 bits per heavy atom. The minimum atomic E-state index is -0.573. The van der Waals surface area contributed by atoms with Crippen molar-refractivity contribution in [2.75, 3.05) is 25.2 Å². The molecule has 0 saturated carbocycles. The van der Waals surface area contributed by atoms with E-state index >= 15 is 0 Å². The molecular weight excluding hydrogens is 330 g/mol. The van der Waals surface area contributed by atoms with Crippen LogP contribution in [-0.2, 0) is 14.3 Å². The van der Waals surface area contributed by atoms with Crippen molar-refractivity contribution in [1.29, 1.82) is 0 Å². The molecule has 0 aliphatic rings. The highest BCUT2D eigenvalue weighted by Gasteiger charge is 2.15. The standard InChI is InChI=1S/C21H25NO4/c1-15(2)18-11-10-16(3)12-19(18)25-14-21(24)26-13-20(23)22(4)17-8-6-5-7-9-17/h5-12,15H,13-14H2,1-4H3. The maximum atomic E-state index is 12.1. The van der Waals surface area contributed by atoms with E-state index in [2.05, 4.69) is 13.8 Å². The Hall–Kier alpha value is -2.82. The van der Waals surface area contributed by atoms with Gasteiger partial charge in [0.05, 0.1) is 0 Å². The van der Waals surface area contributed by atoms with Crippen LogP contribution in [-0.4, -0.2) is 32.1 Å². The van der Waals surface area contributed by atoms with E-state index in [-0.39, 0.29) is 25.0 Å². The lowest BCUT2D eigenvalue weighted by Crippen LogP contribution is -2.31. The lowest BCUT2D eigenvalue weighted by atomic mass is 10.0. The van der Waals surface area contributed by atoms with Crippen LogP contribution in [0.25, 0.3) is 0 Å². The smallest absolute Gasteiger partial charge is 0.344 e. The molecule has 0 spiro atoms. The zero-order valence-corrected chi connectivity index (χ0v) is 15.7. The van der Waals surface area contributed by atoms with Gasteiger partial charge in [0.2, 0.25) is 0 Å². The summed E-state index contributed by atoms with van der Waals surface area (Å²) in [7, 11) is 1.64. The third kappa shape index (κ3) is 5.34. The highest BCUT2D eigenvalue weighted by molar-refractivity contribution is 5.94. The fourth-order valence-electron chi connectivity index (χ4n) is 2.46. The van der Waals surface area contributed by atoms with Gasteiger partial charge in [-0.25, -0.2) is 4.79 Å². The number of carbonyl (C=O) groups excluding carboxylic acids is 2. The molecule has 0 bridgehead atoms. The predicted octanol–water partition coefficient (Wildman–Crippen LogP) is 3.70. The number of hydrogen-bond acceptors (Lipinski definition) is 4. The molecule has 0 aliphatic carbocycles. The van der Waals surface area contributed by atoms with Gasteiger partial charge in [-0.3, -0.25) is 4.79 Å². The van der Waals surface area contributed by atoms with Crippen molar-refractivity contribution in [2.45, 2.75) is 26.7 Å². The number of esters is 1. The lowest BCUT2D eigenvalue weighted by Gasteiger charge is -2.17. The number of anilines is 1. The van der Waals surface area contributed by atoms with Crippen LogP contribution in [0.3, 0.4) is 0 Å². The average Bonchev–Trinajstić information content (AvgIpc) is 2.64. The molecule has 2 aromatic carbocycles. The van der Waals surface area contributed by atoms with Crippen molar-refractivity contribution in [1.82, 2.24) is 0 Å². The number of nitrogens with zero attached hydrogens (tertiary/aromatic N) is 1. The van der Waals surface area contributed by atoms with Gasteiger partial charge in [0.15, 0.2) is 13.2 Å². The Morgan fingerprint density at radius 1 is 1.04 bits per heavy atom. The molecule has 1 amide bonds. The maximum Gasteiger partial charge on any atom is 0.344 e. The molecule has 138 valence electrons. The van der Waals surface area contributed by atoms with Gasteiger partial charge in [-0.2, -0.15) is 0 Å². The Kier molecular flexibility index (Phi) is 6.78. The molecule has 0 N–H and O–H groups in total. The molecule has 0 atom stereocenters. The van der Waals surface area contributed by atoms with Gasteiger partial charge in [0.1, 0.15) is 5.75 Å². The minimum absolute atomic E-state index is 0.231. The van der Waals surface area contributed by atoms with Gasteiger partial charge in [0, 0.05) is 12.7 Å². The summed E-state index contributed by atoms with van der Waals surface area (Å²) in [4.78, 5) is 25.5. The van der Waals surface area contributed by atoms with E-state index in [9.17, 15) is 9.59 Å². The Morgan fingerprint density at radius 2 is 1.73 bits per heavy atom. The number of carbonyl (C=O) groups is 2. The molecular formula is C21H25NO4. The summed E-state index contributed by atoms with van der Waals surface area (Å²) in [5.74, 6) is 0.0754. The van der Waals surface area contributed by atoms with Crippen LogP contribution in [0, 0.1) is 6.92 Å². The number of rotatable bonds is 7. The molecule has 0 fully saturated rings. The molecule has 0 aliphatic heterocycles. The maximum absolute atomic E-state index is 12.1. The zero-order valence-electron chi connectivity index (χ0n) is 15.7. The number of ether oxygens (including phenoxy) is 2. The number of aryl methyl sites for hydroxylation is 1. The number of para-hydroxylation sites is 1. The summed E-state index contributed by atoms with van der Waals surface area (Å²) in [6.45, 7) is 5.54. The largest absolute Gasteiger partial charge is 0.482 e. The first-order valence-corrected chi connectivity index (χ1v) is 8.59. The van der Waals surface area contributed by atoms with Crippen LogP contribution in [0.2, 0.25) is 0 Å². The second kappa shape index (κ2) is 9.04. The monoisotopic (exact) mass is 355 g/mol. The summed E-state index contributed by atoms with van der Waals surface area (Å²) in [6, 6.07) is 15.1. The van der Waals surface area contributed by atoms with Crippen molar-refractivity contribution in [3.05, 3.63) is 59.7 Å². The molecule has 0 heterocycles. The first kappa shape index (κ1) is 19.5. The number of benzene rings is 2. The summed E-state index contributed by atoms with van der Waals surface area (Å²) >= 11 is 0. The summed E-state index contributed by atoms with van der Waals surface area (Å²) in [6.07, 6.45) is 0. The Bertz CT molecular complexity index is 756. The topological polar surface area (TPSA) is 55.8 Å². The van der Waals surface area contributed by atoms with Crippen LogP contribution in [0.1, 0.15) is 30.9 Å². The van der Waals surface area contributed by atoms with Crippen molar-refractivity contribution in [3.63, 3.8) is 0 Å². The Balaban J connectivity index is 1.86. The highest BCUT2D eigenvalue weighted by Crippen LogP contribution is 2.27. The molecule has 5 heteroatoms. The van der Waals surface area contributed by atoms with E-state index in [0.717, 1.165) is 16.8 Å². The molecule has 0 radical (unpaired) electrons. The number of amides is 1. The first-order valence-electron chi connectivity index (χ1n) is 8.59. The number of likely N-dealkylation sites (N-methyl/N-ethyl adjacent to an activating group) is 1. The SMILES string of the molecule is Cc1ccc(C(C)C)c(OCC(=O)OCC(=O)N(C)c2ccccc2)c1. The molecule has 5 nitrogen and oxygen atoms in total. The summed E-state index contributed by atoms with van der Waals surface area (Å²) < 4.78 is 10.7. The van der Waals surface area contributed by atoms with Crippen molar-refractivity contribution in [2.24, 2.45) is 0 Å². The first-order chi connectivity index (χ1) is 12.4. The molecule has 2 aromatic rings. The van der Waals surface area contributed by atoms with Crippen LogP contribution in [0.4, 0.5) is 5.69 Å². The molecule has 2 rings (SSSR count). The lowest BCUT2D eigenvalue weighted by molar-refractivity contribution is -0.149. The molecule has 0 aromatic heterocycles. The van der Waals surface area contributed by atoms with Crippen LogP contribution >= 0.6 is 0 Å². The van der Waals surface area contributed by atoms with Gasteiger partial charge < -0.3 is 14.4 Å². The second-order valence-electron chi connectivity index (χ2n) is 6.43. The third-order valence-electron chi connectivity index (χ3n) is 4.01. The highest BCUT2D eigenvalue weighted by atomic mass is 16.6. The molecule has 26 heavy (non-hydrogen) atoms. The Labute approximate surface area is 154 Å². The van der Waals surface area contributed by atoms with Crippen molar-refractivity contribution in [3.8, 4) is 5.75 Å². The van der Waals surface area contributed by atoms with E-state index in [1.807, 2.05) is 55.5 Å². The van der Waals surface area contributed by atoms with Gasteiger partial charge in [-0.15, -0.1) is 0 Å². The summed E-state index contributed by atoms with van der Waals surface area (Å²) in [5.41, 5.74) is 2.83. The number of hydrogen-bond donors (Lipinski definition) is 0. The van der Waals surface area contributed by atoms with Gasteiger partial charge in [-0.05, 0) is 42.2 Å². The average molecular weight is 355 g/mol. The quantitative estimate of drug-likeness (QED) is 0.711. The van der Waals surface area contributed by atoms with E-state index in [1.165, 1.54) is 4.90 Å². The molecule has 0 saturated heterocycles. The fourth-order valence-corrected chi connectivity index (χ4v) is 2.46. The van der Waals surface area contributed by atoms with Gasteiger partial charge >= 0.3 is 5.97 Å². The van der Waals surface area contributed by atoms with Crippen molar-refractivity contribution < 1.29 is 19.1 Å². The van der Waals surface area contributed by atoms with Crippen LogP contribution in [0.15, 0.2) is 48.5 Å². The van der Waals surface area contributed by atoms with Crippen molar-refractivity contribution >= 4 is 17.6 Å². The predicted molar refractivity (Wildman–Crippen MR) is 102 cm³/mol. The van der Waals surface area contributed by atoms with E-state index in [0.29, 0.717) is 5.75 Å². The van der Waals surface area contributed by atoms with Crippen LogP contribution in [0.5, 0.6) is 5.75 Å². The van der Waals surface area contributed by atoms with Gasteiger partial charge in [0.25, 0.3) is 5.91 Å². The van der Waals surface area contributed by atoms with Gasteiger partial charge in [-0.1, -0.05) is 44.2 Å². The summed E-state index contributed by atoms with van der Waals surface area (Å²) in [5, 5.41) is 0. The van der Waals surface area contributed by atoms with E-state index in [4.69, 9.17) is 9.47 Å². The second-order valence-corrected chi connectivity index (χ2v) is 6.43. The van der Waals surface area contributed by atoms with E-state index in [1.54, 1.807) is 7.05 Å². The minimum Gasteiger partial charge on any atom is -0.482 e. The fraction of sp³-hybridized carbons (Fsp3) is 0.333. The van der Waals surface area contributed by atoms with Crippen LogP contribution < -0.4 is 9.64 Å². The van der Waals surface area contributed by atoms with E-state index < -0.39 is 5.97 Å². The molecule has 0 unspecified atom stereocenters.